The third-order valence-electron chi connectivity index (χ3n) is 9.37. The lowest BCUT2D eigenvalue weighted by Gasteiger charge is -2.47. The maximum absolute atomic E-state index is 13.6. The molecule has 0 bridgehead atoms. The molecule has 38 heavy (non-hydrogen) atoms. The summed E-state index contributed by atoms with van der Waals surface area (Å²) in [6, 6.07) is 0. The monoisotopic (exact) mass is 531 g/mol. The summed E-state index contributed by atoms with van der Waals surface area (Å²) in [7, 11) is 0. The minimum absolute atomic E-state index is 0.0896. The third kappa shape index (κ3) is 5.93. The molecule has 0 aromatic carbocycles. The molecule has 0 aromatic rings. The van der Waals surface area contributed by atoms with Crippen molar-refractivity contribution >= 4 is 17.7 Å². The molecule has 0 aromatic heterocycles. The molecular formula is C31H53N3O4. The molecule has 4 fully saturated rings. The van der Waals surface area contributed by atoms with Gasteiger partial charge >= 0.3 is 0 Å². The van der Waals surface area contributed by atoms with Crippen molar-refractivity contribution in [3.63, 3.8) is 0 Å². The van der Waals surface area contributed by atoms with Crippen LogP contribution in [-0.2, 0) is 19.1 Å². The molecule has 7 heteroatoms. The van der Waals surface area contributed by atoms with Crippen molar-refractivity contribution in [2.75, 3.05) is 32.7 Å². The van der Waals surface area contributed by atoms with Crippen LogP contribution < -0.4 is 0 Å². The lowest BCUT2D eigenvalue weighted by Crippen LogP contribution is -2.59. The first-order chi connectivity index (χ1) is 17.6. The minimum Gasteiger partial charge on any atom is -0.373 e. The van der Waals surface area contributed by atoms with Gasteiger partial charge in [0.25, 0.3) is 0 Å². The topological polar surface area (TPSA) is 70.2 Å². The first-order valence-electron chi connectivity index (χ1n) is 15.1. The van der Waals surface area contributed by atoms with E-state index in [1.165, 1.54) is 12.8 Å². The molecule has 3 heterocycles. The molecular weight excluding hydrogens is 478 g/mol. The van der Waals surface area contributed by atoms with E-state index in [1.807, 2.05) is 46.4 Å². The number of ether oxygens (including phenoxy) is 1. The predicted molar refractivity (Wildman–Crippen MR) is 149 cm³/mol. The van der Waals surface area contributed by atoms with E-state index in [2.05, 4.69) is 23.6 Å². The summed E-state index contributed by atoms with van der Waals surface area (Å²) in [6.45, 7) is 19.8. The van der Waals surface area contributed by atoms with Crippen molar-refractivity contribution in [3.05, 3.63) is 0 Å². The molecule has 3 saturated heterocycles. The summed E-state index contributed by atoms with van der Waals surface area (Å²) in [5.41, 5.74) is -1.50. The Morgan fingerprint density at radius 2 is 1.37 bits per heavy atom. The average molecular weight is 532 g/mol. The Kier molecular flexibility index (Phi) is 8.04. The van der Waals surface area contributed by atoms with E-state index in [0.717, 1.165) is 51.7 Å². The quantitative estimate of drug-likeness (QED) is 0.519. The van der Waals surface area contributed by atoms with Gasteiger partial charge in [-0.1, -0.05) is 68.2 Å². The van der Waals surface area contributed by atoms with Crippen LogP contribution in [0.25, 0.3) is 0 Å². The van der Waals surface area contributed by atoms with Gasteiger partial charge in [-0.25, -0.2) is 0 Å². The van der Waals surface area contributed by atoms with Crippen LogP contribution in [0.1, 0.15) is 107 Å². The van der Waals surface area contributed by atoms with Gasteiger partial charge in [0.1, 0.15) is 0 Å². The van der Waals surface area contributed by atoms with Gasteiger partial charge in [0, 0.05) is 54.9 Å². The lowest BCUT2D eigenvalue weighted by molar-refractivity contribution is -0.153. The molecule has 3 unspecified atom stereocenters. The maximum Gasteiger partial charge on any atom is 0.228 e. The number of amides is 3. The highest BCUT2D eigenvalue weighted by Crippen LogP contribution is 2.60. The van der Waals surface area contributed by atoms with Crippen LogP contribution in [0.5, 0.6) is 0 Å². The summed E-state index contributed by atoms with van der Waals surface area (Å²) in [5, 5.41) is 0. The highest BCUT2D eigenvalue weighted by atomic mass is 16.5. The fourth-order valence-corrected chi connectivity index (χ4v) is 6.97. The van der Waals surface area contributed by atoms with Gasteiger partial charge < -0.3 is 19.4 Å². The fourth-order valence-electron chi connectivity index (χ4n) is 6.97. The second-order valence-electron chi connectivity index (χ2n) is 15.3. The van der Waals surface area contributed by atoms with Crippen LogP contribution in [0, 0.1) is 22.2 Å². The zero-order valence-electron chi connectivity index (χ0n) is 25.4. The van der Waals surface area contributed by atoms with E-state index in [4.69, 9.17) is 4.74 Å². The smallest absolute Gasteiger partial charge is 0.228 e. The van der Waals surface area contributed by atoms with Crippen LogP contribution in [0.3, 0.4) is 0 Å². The Morgan fingerprint density at radius 1 is 0.763 bits per heavy atom. The second kappa shape index (κ2) is 10.4. The Hall–Kier alpha value is -1.63. The molecule has 216 valence electrons. The van der Waals surface area contributed by atoms with Crippen LogP contribution >= 0.6 is 0 Å². The largest absolute Gasteiger partial charge is 0.373 e. The SMILES string of the molecule is CC(C)(C)C(=O)N1CCC(CC(C)(C)C(=O)N2CCCCCC2)OC([C@@H]2CC23CCN3C(=O)C(C)(C)C)C1. The number of hydrogen-bond acceptors (Lipinski definition) is 4. The first kappa shape index (κ1) is 29.4. The number of nitrogens with zero attached hydrogens (tertiary/aromatic N) is 3. The van der Waals surface area contributed by atoms with Crippen molar-refractivity contribution in [1.82, 2.24) is 14.7 Å². The number of likely N-dealkylation sites (tertiary alicyclic amines) is 2. The van der Waals surface area contributed by atoms with Crippen LogP contribution in [0.2, 0.25) is 0 Å². The highest BCUT2D eigenvalue weighted by molar-refractivity contribution is 5.84. The van der Waals surface area contributed by atoms with Gasteiger partial charge in [0.05, 0.1) is 17.7 Å². The van der Waals surface area contributed by atoms with Crippen LogP contribution in [-0.4, -0.2) is 82.9 Å². The molecule has 3 aliphatic heterocycles. The van der Waals surface area contributed by atoms with Gasteiger partial charge in [-0.3, -0.25) is 14.4 Å². The van der Waals surface area contributed by atoms with Gasteiger partial charge in [-0.15, -0.1) is 0 Å². The Morgan fingerprint density at radius 3 is 1.89 bits per heavy atom. The first-order valence-corrected chi connectivity index (χ1v) is 15.1. The number of carbonyl (C=O) groups excluding carboxylic acids is 3. The van der Waals surface area contributed by atoms with Gasteiger partial charge in [-0.05, 0) is 38.5 Å². The van der Waals surface area contributed by atoms with Crippen LogP contribution in [0.15, 0.2) is 0 Å². The molecule has 4 rings (SSSR count). The summed E-state index contributed by atoms with van der Waals surface area (Å²) in [5.74, 6) is 0.832. The fraction of sp³-hybridized carbons (Fsp3) is 0.903. The molecule has 4 atom stereocenters. The Bertz CT molecular complexity index is 909. The molecule has 0 N–H and O–H groups in total. The third-order valence-corrected chi connectivity index (χ3v) is 9.37. The van der Waals surface area contributed by atoms with Gasteiger partial charge in [0.15, 0.2) is 0 Å². The van der Waals surface area contributed by atoms with E-state index in [9.17, 15) is 14.4 Å². The highest BCUT2D eigenvalue weighted by Gasteiger charge is 2.68. The van der Waals surface area contributed by atoms with Crippen molar-refractivity contribution in [2.24, 2.45) is 22.2 Å². The summed E-state index contributed by atoms with van der Waals surface area (Å²) >= 11 is 0. The molecule has 1 spiro atoms. The van der Waals surface area contributed by atoms with Gasteiger partial charge in [-0.2, -0.15) is 0 Å². The van der Waals surface area contributed by atoms with E-state index in [-0.39, 0.29) is 41.4 Å². The summed E-state index contributed by atoms with van der Waals surface area (Å²) < 4.78 is 6.87. The van der Waals surface area contributed by atoms with E-state index in [1.54, 1.807) is 0 Å². The lowest BCUT2D eigenvalue weighted by atomic mass is 9.84. The number of carbonyl (C=O) groups is 3. The van der Waals surface area contributed by atoms with Gasteiger partial charge in [0.2, 0.25) is 17.7 Å². The van der Waals surface area contributed by atoms with Crippen molar-refractivity contribution < 1.29 is 19.1 Å². The zero-order chi connectivity index (χ0) is 28.1. The van der Waals surface area contributed by atoms with Crippen molar-refractivity contribution in [2.45, 2.75) is 125 Å². The molecule has 4 aliphatic rings. The maximum atomic E-state index is 13.6. The molecule has 0 radical (unpaired) electrons. The Labute approximate surface area is 231 Å². The van der Waals surface area contributed by atoms with Crippen molar-refractivity contribution in [3.8, 4) is 0 Å². The standard InChI is InChI=1S/C31H53N3O4/c1-28(2,3)25(35)33-17-13-22(19-30(7,8)27(37)32-15-11-9-10-12-16-32)38-24(21-33)23-20-31(23)14-18-34(31)26(36)29(4,5)6/h22-24H,9-21H2,1-8H3/t22?,23-,24?,31?/m0/s1. The molecule has 1 aliphatic carbocycles. The van der Waals surface area contributed by atoms with Crippen molar-refractivity contribution in [1.29, 1.82) is 0 Å². The number of hydrogen-bond donors (Lipinski definition) is 0. The minimum atomic E-state index is -0.519. The number of rotatable bonds is 4. The summed E-state index contributed by atoms with van der Waals surface area (Å²) in [4.78, 5) is 46.3. The molecule has 1 saturated carbocycles. The Balaban J connectivity index is 1.51. The van der Waals surface area contributed by atoms with E-state index < -0.39 is 16.2 Å². The average Bonchev–Trinajstić information content (AvgIpc) is 3.60. The predicted octanol–water partition coefficient (Wildman–Crippen LogP) is 4.87. The second-order valence-corrected chi connectivity index (χ2v) is 15.3. The summed E-state index contributed by atoms with van der Waals surface area (Å²) in [6.07, 6.45) is 7.71. The normalized spacial score (nSPS) is 30.9. The molecule has 3 amide bonds. The zero-order valence-corrected chi connectivity index (χ0v) is 25.4. The van der Waals surface area contributed by atoms with Crippen LogP contribution in [0.4, 0.5) is 0 Å². The van der Waals surface area contributed by atoms with E-state index >= 15 is 0 Å². The molecule has 7 nitrogen and oxygen atoms in total. The van der Waals surface area contributed by atoms with E-state index in [0.29, 0.717) is 19.5 Å².